The maximum atomic E-state index is 12.2. The first kappa shape index (κ1) is 23.5. The van der Waals surface area contributed by atoms with Gasteiger partial charge in [-0.25, -0.2) is 5.43 Å². The van der Waals surface area contributed by atoms with Crippen molar-refractivity contribution in [1.29, 1.82) is 0 Å². The topological polar surface area (TPSA) is 78.4 Å². The second-order valence-corrected chi connectivity index (χ2v) is 7.69. The smallest absolute Gasteiger partial charge is 0.277 e. The maximum absolute atomic E-state index is 12.2. The van der Waals surface area contributed by atoms with Crippen LogP contribution in [0, 0.1) is 6.92 Å². The fraction of sp³-hybridized carbons (Fsp3) is 0.364. The highest BCUT2D eigenvalue weighted by molar-refractivity contribution is 9.10. The molecule has 2 aromatic carbocycles. The van der Waals surface area contributed by atoms with E-state index >= 15 is 0 Å². The predicted molar refractivity (Wildman–Crippen MR) is 120 cm³/mol. The average molecular weight is 479 g/mol. The van der Waals surface area contributed by atoms with Crippen molar-refractivity contribution in [3.05, 3.63) is 45.4 Å². The molecule has 30 heavy (non-hydrogen) atoms. The van der Waals surface area contributed by atoms with Crippen LogP contribution in [0.5, 0.6) is 23.0 Å². The summed E-state index contributed by atoms with van der Waals surface area (Å²) in [4.78, 5) is 12.2. The number of carbonyl (C=O) groups excluding carboxylic acids is 1. The molecule has 0 unspecified atom stereocenters. The van der Waals surface area contributed by atoms with E-state index in [1.165, 1.54) is 27.5 Å². The molecule has 0 saturated carbocycles. The molecule has 2 aromatic rings. The molecule has 1 N–H and O–H groups in total. The van der Waals surface area contributed by atoms with Crippen LogP contribution in [-0.2, 0) is 4.79 Å². The Labute approximate surface area is 185 Å². The molecule has 0 bridgehead atoms. The van der Waals surface area contributed by atoms with Crippen LogP contribution in [0.2, 0.25) is 0 Å². The van der Waals surface area contributed by atoms with Crippen molar-refractivity contribution in [3.63, 3.8) is 0 Å². The van der Waals surface area contributed by atoms with Gasteiger partial charge in [0.25, 0.3) is 5.91 Å². The molecule has 0 fully saturated rings. The molecule has 0 aliphatic rings. The van der Waals surface area contributed by atoms with Gasteiger partial charge in [0, 0.05) is 10.0 Å². The summed E-state index contributed by atoms with van der Waals surface area (Å²) in [6.07, 6.45) is 1.49. The van der Waals surface area contributed by atoms with E-state index < -0.39 is 0 Å². The molecule has 0 atom stereocenters. The highest BCUT2D eigenvalue weighted by Crippen LogP contribution is 2.37. The van der Waals surface area contributed by atoms with Gasteiger partial charge >= 0.3 is 0 Å². The minimum absolute atomic E-state index is 0.145. The first-order chi connectivity index (χ1) is 14.3. The van der Waals surface area contributed by atoms with E-state index in [4.69, 9.17) is 18.9 Å². The van der Waals surface area contributed by atoms with Gasteiger partial charge in [-0.3, -0.25) is 4.79 Å². The van der Waals surface area contributed by atoms with Crippen molar-refractivity contribution in [2.75, 3.05) is 27.9 Å². The van der Waals surface area contributed by atoms with Crippen molar-refractivity contribution in [1.82, 2.24) is 5.43 Å². The summed E-state index contributed by atoms with van der Waals surface area (Å²) in [5, 5.41) is 3.99. The van der Waals surface area contributed by atoms with E-state index in [-0.39, 0.29) is 18.4 Å². The van der Waals surface area contributed by atoms with Crippen molar-refractivity contribution in [3.8, 4) is 23.0 Å². The third kappa shape index (κ3) is 5.89. The van der Waals surface area contributed by atoms with Crippen LogP contribution in [0.1, 0.15) is 36.5 Å². The molecule has 0 radical (unpaired) electrons. The van der Waals surface area contributed by atoms with Gasteiger partial charge in [0.05, 0.1) is 27.5 Å². The highest BCUT2D eigenvalue weighted by Gasteiger charge is 2.14. The first-order valence-electron chi connectivity index (χ1n) is 9.35. The number of benzene rings is 2. The largest absolute Gasteiger partial charge is 0.493 e. The zero-order valence-corrected chi connectivity index (χ0v) is 19.6. The van der Waals surface area contributed by atoms with E-state index in [0.717, 1.165) is 15.6 Å². The Hall–Kier alpha value is -2.74. The minimum atomic E-state index is -0.367. The zero-order chi connectivity index (χ0) is 22.3. The SMILES string of the molecule is COc1cc(/C=N/NC(=O)COc2cc(C)c(Br)cc2C(C)C)cc(OC)c1OC. The van der Waals surface area contributed by atoms with Crippen molar-refractivity contribution in [2.24, 2.45) is 5.10 Å². The Balaban J connectivity index is 2.04. The van der Waals surface area contributed by atoms with Gasteiger partial charge in [-0.15, -0.1) is 0 Å². The van der Waals surface area contributed by atoms with Crippen molar-refractivity contribution >= 4 is 28.1 Å². The van der Waals surface area contributed by atoms with E-state index in [1.54, 1.807) is 12.1 Å². The summed E-state index contributed by atoms with van der Waals surface area (Å²) in [5.41, 5.74) is 5.21. The number of nitrogens with zero attached hydrogens (tertiary/aromatic N) is 1. The lowest BCUT2D eigenvalue weighted by Crippen LogP contribution is -2.25. The van der Waals surface area contributed by atoms with Gasteiger partial charge in [0.15, 0.2) is 18.1 Å². The van der Waals surface area contributed by atoms with Crippen LogP contribution in [0.15, 0.2) is 33.8 Å². The van der Waals surface area contributed by atoms with Gasteiger partial charge in [-0.2, -0.15) is 5.10 Å². The standard InChI is InChI=1S/C22H27BrN2O5/c1-13(2)16-10-17(23)14(3)7-18(16)30-12-21(26)25-24-11-15-8-19(27-4)22(29-6)20(9-15)28-5/h7-11,13H,12H2,1-6H3,(H,25,26)/b24-11+. The summed E-state index contributed by atoms with van der Waals surface area (Å²) >= 11 is 3.53. The average Bonchev–Trinajstić information content (AvgIpc) is 2.73. The Bertz CT molecular complexity index is 903. The van der Waals surface area contributed by atoms with E-state index in [9.17, 15) is 4.79 Å². The third-order valence-corrected chi connectivity index (χ3v) is 5.22. The van der Waals surface area contributed by atoms with Crippen LogP contribution in [0.25, 0.3) is 0 Å². The Kier molecular flexibility index (Phi) is 8.53. The number of aryl methyl sites for hydroxylation is 1. The number of amides is 1. The van der Waals surface area contributed by atoms with Crippen LogP contribution in [0.3, 0.4) is 0 Å². The second kappa shape index (κ2) is 10.9. The lowest BCUT2D eigenvalue weighted by molar-refractivity contribution is -0.123. The molecule has 0 saturated heterocycles. The van der Waals surface area contributed by atoms with Crippen LogP contribution < -0.4 is 24.4 Å². The summed E-state index contributed by atoms with van der Waals surface area (Å²) in [6, 6.07) is 7.40. The van der Waals surface area contributed by atoms with E-state index in [0.29, 0.717) is 28.6 Å². The monoisotopic (exact) mass is 478 g/mol. The molecule has 0 spiro atoms. The van der Waals surface area contributed by atoms with Crippen molar-refractivity contribution in [2.45, 2.75) is 26.7 Å². The number of hydrogen-bond donors (Lipinski definition) is 1. The summed E-state index contributed by atoms with van der Waals surface area (Å²) in [6.45, 7) is 5.98. The number of carbonyl (C=O) groups is 1. The number of ether oxygens (including phenoxy) is 4. The molecule has 0 aliphatic heterocycles. The molecule has 8 heteroatoms. The number of hydrazone groups is 1. The minimum Gasteiger partial charge on any atom is -0.493 e. The number of rotatable bonds is 9. The number of hydrogen-bond acceptors (Lipinski definition) is 6. The third-order valence-electron chi connectivity index (χ3n) is 4.36. The molecule has 1 amide bonds. The highest BCUT2D eigenvalue weighted by atomic mass is 79.9. The molecule has 2 rings (SSSR count). The van der Waals surface area contributed by atoms with Gasteiger partial charge in [-0.05, 0) is 48.2 Å². The summed E-state index contributed by atoms with van der Waals surface area (Å²) < 4.78 is 22.7. The zero-order valence-electron chi connectivity index (χ0n) is 18.0. The van der Waals surface area contributed by atoms with Gasteiger partial charge in [0.1, 0.15) is 5.75 Å². The van der Waals surface area contributed by atoms with Crippen LogP contribution in [0.4, 0.5) is 0 Å². The molecule has 0 heterocycles. The number of halogens is 1. The normalized spacial score (nSPS) is 10.9. The van der Waals surface area contributed by atoms with Gasteiger partial charge < -0.3 is 18.9 Å². The number of nitrogens with one attached hydrogen (secondary N) is 1. The Morgan fingerprint density at radius 1 is 1.07 bits per heavy atom. The fourth-order valence-electron chi connectivity index (χ4n) is 2.78. The van der Waals surface area contributed by atoms with Gasteiger partial charge in [0.2, 0.25) is 5.75 Å². The molecule has 0 aliphatic carbocycles. The lowest BCUT2D eigenvalue weighted by Gasteiger charge is -2.15. The quantitative estimate of drug-likeness (QED) is 0.425. The summed E-state index contributed by atoms with van der Waals surface area (Å²) in [5.74, 6) is 2.07. The van der Waals surface area contributed by atoms with Crippen LogP contribution in [-0.4, -0.2) is 40.1 Å². The van der Waals surface area contributed by atoms with Crippen LogP contribution >= 0.6 is 15.9 Å². The summed E-state index contributed by atoms with van der Waals surface area (Å²) in [7, 11) is 4.60. The van der Waals surface area contributed by atoms with Gasteiger partial charge in [-0.1, -0.05) is 29.8 Å². The molecule has 162 valence electrons. The van der Waals surface area contributed by atoms with E-state index in [1.807, 2.05) is 19.1 Å². The predicted octanol–water partition coefficient (Wildman–Crippen LogP) is 4.44. The first-order valence-corrected chi connectivity index (χ1v) is 10.1. The van der Waals surface area contributed by atoms with E-state index in [2.05, 4.69) is 40.3 Å². The Morgan fingerprint density at radius 2 is 1.70 bits per heavy atom. The Morgan fingerprint density at radius 3 is 2.23 bits per heavy atom. The van der Waals surface area contributed by atoms with Crippen molar-refractivity contribution < 1.29 is 23.7 Å². The molecule has 0 aromatic heterocycles. The molecular weight excluding hydrogens is 452 g/mol. The fourth-order valence-corrected chi connectivity index (χ4v) is 3.14. The number of methoxy groups -OCH3 is 3. The maximum Gasteiger partial charge on any atom is 0.277 e. The molecular formula is C22H27BrN2O5. The second-order valence-electron chi connectivity index (χ2n) is 6.83. The lowest BCUT2D eigenvalue weighted by atomic mass is 10.0. The molecule has 7 nitrogen and oxygen atoms in total.